The Labute approximate surface area is 200 Å². The zero-order valence-electron chi connectivity index (χ0n) is 18.9. The number of halogens is 1. The Bertz CT molecular complexity index is 1520. The van der Waals surface area contributed by atoms with E-state index in [9.17, 15) is 9.18 Å². The molecule has 5 rings (SSSR count). The average Bonchev–Trinajstić information content (AvgIpc) is 3.38. The molecule has 0 atom stereocenters. The topological polar surface area (TPSA) is 96.7 Å². The van der Waals surface area contributed by atoms with Gasteiger partial charge in [-0.2, -0.15) is 0 Å². The van der Waals surface area contributed by atoms with Crippen LogP contribution in [0.2, 0.25) is 0 Å². The molecule has 5 aromatic rings. The number of benzene rings is 2. The molecule has 8 heteroatoms. The number of amides is 1. The maximum Gasteiger partial charge on any atom is 0.248 e. The standard InChI is InChI=1S/C26H24FN5OS/c1-14-3-8-20(27)23-22(14)19(15(2)32-23)9-10-29-26-24-21(30-13-31-26)12-18(34-24)11-16-4-6-17(7-5-16)25(28)33/h3-8,12-13,32H,9-11H2,1-2H3,(H2,28,33)(H,29,30,31). The lowest BCUT2D eigenvalue weighted by Gasteiger charge is -2.08. The molecule has 0 saturated carbocycles. The first kappa shape index (κ1) is 22.0. The maximum absolute atomic E-state index is 14.3. The van der Waals surface area contributed by atoms with Crippen LogP contribution in [-0.4, -0.2) is 27.4 Å². The van der Waals surface area contributed by atoms with Crippen LogP contribution in [0.3, 0.4) is 0 Å². The number of aromatic amines is 1. The number of aryl methyl sites for hydroxylation is 2. The fraction of sp³-hybridized carbons (Fsp3) is 0.192. The number of primary amides is 1. The SMILES string of the molecule is Cc1[nH]c2c(F)ccc(C)c2c1CCNc1ncnc2cc(Cc3ccc(C(N)=O)cc3)sc12. The summed E-state index contributed by atoms with van der Waals surface area (Å²) >= 11 is 1.65. The van der Waals surface area contributed by atoms with E-state index in [4.69, 9.17) is 5.73 Å². The summed E-state index contributed by atoms with van der Waals surface area (Å²) in [7, 11) is 0. The van der Waals surface area contributed by atoms with Gasteiger partial charge in [-0.25, -0.2) is 14.4 Å². The predicted octanol–water partition coefficient (Wildman–Crippen LogP) is 5.27. The molecule has 0 bridgehead atoms. The van der Waals surface area contributed by atoms with Gasteiger partial charge in [0.05, 0.1) is 15.7 Å². The van der Waals surface area contributed by atoms with E-state index in [-0.39, 0.29) is 5.82 Å². The molecule has 0 aliphatic rings. The number of nitrogens with two attached hydrogens (primary N) is 1. The van der Waals surface area contributed by atoms with Gasteiger partial charge in [-0.1, -0.05) is 18.2 Å². The number of fused-ring (bicyclic) bond motifs is 2. The van der Waals surface area contributed by atoms with E-state index in [1.165, 1.54) is 6.07 Å². The molecule has 0 aliphatic carbocycles. The second-order valence-corrected chi connectivity index (χ2v) is 9.54. The van der Waals surface area contributed by atoms with Crippen LogP contribution in [0.5, 0.6) is 0 Å². The van der Waals surface area contributed by atoms with Crippen molar-refractivity contribution in [3.63, 3.8) is 0 Å². The lowest BCUT2D eigenvalue weighted by Crippen LogP contribution is -2.10. The van der Waals surface area contributed by atoms with Crippen LogP contribution in [0.4, 0.5) is 10.2 Å². The average molecular weight is 474 g/mol. The molecule has 0 radical (unpaired) electrons. The van der Waals surface area contributed by atoms with Gasteiger partial charge in [-0.15, -0.1) is 11.3 Å². The van der Waals surface area contributed by atoms with Crippen molar-refractivity contribution in [2.45, 2.75) is 26.7 Å². The highest BCUT2D eigenvalue weighted by Gasteiger charge is 2.15. The molecule has 172 valence electrons. The van der Waals surface area contributed by atoms with Crippen molar-refractivity contribution in [1.82, 2.24) is 15.0 Å². The summed E-state index contributed by atoms with van der Waals surface area (Å²) in [5, 5.41) is 4.41. The van der Waals surface area contributed by atoms with E-state index >= 15 is 0 Å². The lowest BCUT2D eigenvalue weighted by atomic mass is 10.0. The second kappa shape index (κ2) is 8.87. The number of hydrogen-bond donors (Lipinski definition) is 3. The van der Waals surface area contributed by atoms with Gasteiger partial charge in [0.2, 0.25) is 5.91 Å². The number of H-pyrrole nitrogens is 1. The van der Waals surface area contributed by atoms with Crippen LogP contribution in [0, 0.1) is 19.7 Å². The molecule has 2 aromatic carbocycles. The first-order chi connectivity index (χ1) is 16.4. The normalized spacial score (nSPS) is 11.4. The minimum absolute atomic E-state index is 0.226. The number of nitrogens with one attached hydrogen (secondary N) is 2. The Morgan fingerprint density at radius 2 is 1.94 bits per heavy atom. The summed E-state index contributed by atoms with van der Waals surface area (Å²) in [5.41, 5.74) is 11.6. The third-order valence-electron chi connectivity index (χ3n) is 6.08. The minimum atomic E-state index is -0.428. The van der Waals surface area contributed by atoms with Gasteiger partial charge in [0.15, 0.2) is 0 Å². The van der Waals surface area contributed by atoms with Gasteiger partial charge in [-0.05, 0) is 61.2 Å². The van der Waals surface area contributed by atoms with Gasteiger partial charge in [0.25, 0.3) is 0 Å². The summed E-state index contributed by atoms with van der Waals surface area (Å²) in [6.07, 6.45) is 3.05. The third kappa shape index (κ3) is 4.12. The highest BCUT2D eigenvalue weighted by molar-refractivity contribution is 7.19. The van der Waals surface area contributed by atoms with E-state index in [0.29, 0.717) is 17.6 Å². The van der Waals surface area contributed by atoms with Crippen molar-refractivity contribution in [3.05, 3.63) is 87.4 Å². The van der Waals surface area contributed by atoms with Gasteiger partial charge in [-0.3, -0.25) is 4.79 Å². The number of thiophene rings is 1. The van der Waals surface area contributed by atoms with Crippen molar-refractivity contribution in [2.75, 3.05) is 11.9 Å². The summed E-state index contributed by atoms with van der Waals surface area (Å²) < 4.78 is 15.3. The molecule has 4 N–H and O–H groups in total. The Morgan fingerprint density at radius 3 is 2.71 bits per heavy atom. The molecule has 0 fully saturated rings. The van der Waals surface area contributed by atoms with Gasteiger partial charge in [0.1, 0.15) is 18.0 Å². The van der Waals surface area contributed by atoms with Crippen molar-refractivity contribution in [3.8, 4) is 0 Å². The summed E-state index contributed by atoms with van der Waals surface area (Å²) in [5.74, 6) is 0.143. The van der Waals surface area contributed by atoms with E-state index in [1.807, 2.05) is 32.0 Å². The summed E-state index contributed by atoms with van der Waals surface area (Å²) in [6.45, 7) is 4.66. The molecule has 0 aliphatic heterocycles. The molecular weight excluding hydrogens is 449 g/mol. The number of carbonyl (C=O) groups excluding carboxylic acids is 1. The van der Waals surface area contributed by atoms with E-state index < -0.39 is 5.91 Å². The van der Waals surface area contributed by atoms with Crippen LogP contribution in [0.15, 0.2) is 48.8 Å². The predicted molar refractivity (Wildman–Crippen MR) is 135 cm³/mol. The van der Waals surface area contributed by atoms with Crippen LogP contribution in [0.1, 0.15) is 37.6 Å². The molecule has 1 amide bonds. The fourth-order valence-electron chi connectivity index (χ4n) is 4.37. The fourth-order valence-corrected chi connectivity index (χ4v) is 5.48. The summed E-state index contributed by atoms with van der Waals surface area (Å²) in [6, 6.07) is 12.7. The number of carbonyl (C=O) groups is 1. The number of aromatic nitrogens is 3. The highest BCUT2D eigenvalue weighted by atomic mass is 32.1. The molecule has 34 heavy (non-hydrogen) atoms. The Hall–Kier alpha value is -3.78. The number of rotatable bonds is 7. The molecule has 0 spiro atoms. The quantitative estimate of drug-likeness (QED) is 0.300. The van der Waals surface area contributed by atoms with Gasteiger partial charge in [0, 0.05) is 34.5 Å². The second-order valence-electron chi connectivity index (χ2n) is 8.41. The zero-order valence-corrected chi connectivity index (χ0v) is 19.7. The minimum Gasteiger partial charge on any atom is -0.368 e. The first-order valence-corrected chi connectivity index (χ1v) is 11.8. The van der Waals surface area contributed by atoms with E-state index in [2.05, 4.69) is 26.3 Å². The molecule has 3 heterocycles. The van der Waals surface area contributed by atoms with Crippen LogP contribution < -0.4 is 11.1 Å². The Kier molecular flexibility index (Phi) is 5.75. The van der Waals surface area contributed by atoms with E-state index in [1.54, 1.807) is 29.8 Å². The zero-order chi connectivity index (χ0) is 23.8. The van der Waals surface area contributed by atoms with E-state index in [0.717, 1.165) is 61.5 Å². The number of anilines is 1. The van der Waals surface area contributed by atoms with Crippen LogP contribution in [0.25, 0.3) is 21.1 Å². The number of hydrogen-bond acceptors (Lipinski definition) is 5. The van der Waals surface area contributed by atoms with Crippen molar-refractivity contribution >= 4 is 44.2 Å². The number of nitrogens with zero attached hydrogens (tertiary/aromatic N) is 2. The smallest absolute Gasteiger partial charge is 0.248 e. The van der Waals surface area contributed by atoms with Crippen molar-refractivity contribution in [2.24, 2.45) is 5.73 Å². The molecule has 6 nitrogen and oxygen atoms in total. The summed E-state index contributed by atoms with van der Waals surface area (Å²) in [4.78, 5) is 24.5. The van der Waals surface area contributed by atoms with Crippen LogP contribution in [-0.2, 0) is 12.8 Å². The van der Waals surface area contributed by atoms with Crippen LogP contribution >= 0.6 is 11.3 Å². The largest absolute Gasteiger partial charge is 0.368 e. The monoisotopic (exact) mass is 473 g/mol. The Morgan fingerprint density at radius 1 is 1.15 bits per heavy atom. The molecular formula is C26H24FN5OS. The van der Waals surface area contributed by atoms with Gasteiger partial charge < -0.3 is 16.0 Å². The maximum atomic E-state index is 14.3. The lowest BCUT2D eigenvalue weighted by molar-refractivity contribution is 0.100. The molecule has 0 saturated heterocycles. The molecule has 0 unspecified atom stereocenters. The van der Waals surface area contributed by atoms with Crippen molar-refractivity contribution < 1.29 is 9.18 Å². The Balaban J connectivity index is 1.34. The highest BCUT2D eigenvalue weighted by Crippen LogP contribution is 2.31. The van der Waals surface area contributed by atoms with Gasteiger partial charge >= 0.3 is 0 Å². The van der Waals surface area contributed by atoms with Crippen molar-refractivity contribution in [1.29, 1.82) is 0 Å². The molecule has 3 aromatic heterocycles. The first-order valence-electron chi connectivity index (χ1n) is 11.0. The third-order valence-corrected chi connectivity index (χ3v) is 7.21.